The van der Waals surface area contributed by atoms with Crippen molar-refractivity contribution >= 4 is 0 Å². The highest BCUT2D eigenvalue weighted by Crippen LogP contribution is 2.22. The van der Waals surface area contributed by atoms with Gasteiger partial charge in [-0.25, -0.2) is 13.2 Å². The molecule has 21 heavy (non-hydrogen) atoms. The molecule has 2 aromatic rings. The zero-order chi connectivity index (χ0) is 15.2. The molecule has 0 radical (unpaired) electrons. The molecule has 0 heterocycles. The van der Waals surface area contributed by atoms with Crippen molar-refractivity contribution in [1.29, 1.82) is 0 Å². The van der Waals surface area contributed by atoms with E-state index < -0.39 is 11.6 Å². The molecule has 0 aliphatic heterocycles. The van der Waals surface area contributed by atoms with E-state index in [1.807, 2.05) is 6.92 Å². The number of halogens is 3. The van der Waals surface area contributed by atoms with Gasteiger partial charge in [-0.05, 0) is 43.1 Å². The zero-order valence-electron chi connectivity index (χ0n) is 11.9. The predicted octanol–water partition coefficient (Wildman–Crippen LogP) is 4.39. The molecule has 1 unspecified atom stereocenters. The maximum atomic E-state index is 14.0. The maximum absolute atomic E-state index is 14.0. The van der Waals surface area contributed by atoms with Gasteiger partial charge in [0.25, 0.3) is 0 Å². The lowest BCUT2D eigenvalue weighted by atomic mass is 9.98. The first kappa shape index (κ1) is 15.6. The van der Waals surface area contributed by atoms with Crippen molar-refractivity contribution in [1.82, 2.24) is 5.32 Å². The molecule has 0 amide bonds. The van der Waals surface area contributed by atoms with E-state index in [4.69, 9.17) is 0 Å². The van der Waals surface area contributed by atoms with E-state index in [-0.39, 0.29) is 11.9 Å². The summed E-state index contributed by atoms with van der Waals surface area (Å²) in [6.07, 6.45) is 1.34. The normalized spacial score (nSPS) is 12.4. The summed E-state index contributed by atoms with van der Waals surface area (Å²) in [5.74, 6) is -1.50. The van der Waals surface area contributed by atoms with Crippen LogP contribution in [0.5, 0.6) is 0 Å². The summed E-state index contributed by atoms with van der Waals surface area (Å²) in [6, 6.07) is 9.47. The highest BCUT2D eigenvalue weighted by molar-refractivity contribution is 5.26. The third-order valence-corrected chi connectivity index (χ3v) is 3.31. The van der Waals surface area contributed by atoms with Crippen LogP contribution in [0.1, 0.15) is 30.5 Å². The molecule has 1 atom stereocenters. The van der Waals surface area contributed by atoms with Crippen LogP contribution in [0.2, 0.25) is 0 Å². The van der Waals surface area contributed by atoms with Crippen LogP contribution in [-0.2, 0) is 6.42 Å². The topological polar surface area (TPSA) is 12.0 Å². The van der Waals surface area contributed by atoms with Crippen LogP contribution in [0.3, 0.4) is 0 Å². The van der Waals surface area contributed by atoms with Crippen LogP contribution in [0.4, 0.5) is 13.2 Å². The second-order valence-electron chi connectivity index (χ2n) is 5.01. The monoisotopic (exact) mass is 293 g/mol. The second kappa shape index (κ2) is 7.27. The lowest BCUT2D eigenvalue weighted by molar-refractivity contribution is 0.490. The molecule has 112 valence electrons. The van der Waals surface area contributed by atoms with Crippen molar-refractivity contribution < 1.29 is 13.2 Å². The number of nitrogens with one attached hydrogen (secondary N) is 1. The van der Waals surface area contributed by atoms with E-state index in [9.17, 15) is 13.2 Å². The number of benzene rings is 2. The van der Waals surface area contributed by atoms with Crippen molar-refractivity contribution in [2.24, 2.45) is 0 Å². The third-order valence-electron chi connectivity index (χ3n) is 3.31. The minimum absolute atomic E-state index is 0.313. The Morgan fingerprint density at radius 2 is 1.76 bits per heavy atom. The summed E-state index contributed by atoms with van der Waals surface area (Å²) < 4.78 is 40.2. The first-order valence-electron chi connectivity index (χ1n) is 7.03. The van der Waals surface area contributed by atoms with Gasteiger partial charge in [-0.1, -0.05) is 25.1 Å². The van der Waals surface area contributed by atoms with Crippen LogP contribution in [0.15, 0.2) is 42.5 Å². The summed E-state index contributed by atoms with van der Waals surface area (Å²) in [5, 5.41) is 3.23. The number of hydrogen-bond acceptors (Lipinski definition) is 1. The average Bonchev–Trinajstić information content (AvgIpc) is 2.44. The summed E-state index contributed by atoms with van der Waals surface area (Å²) >= 11 is 0. The van der Waals surface area contributed by atoms with Gasteiger partial charge >= 0.3 is 0 Å². The summed E-state index contributed by atoms with van der Waals surface area (Å²) in [7, 11) is 0. The van der Waals surface area contributed by atoms with E-state index in [0.29, 0.717) is 18.5 Å². The minimum Gasteiger partial charge on any atom is -0.310 e. The number of rotatable bonds is 6. The van der Waals surface area contributed by atoms with Gasteiger partial charge in [0.2, 0.25) is 0 Å². The lowest BCUT2D eigenvalue weighted by Crippen LogP contribution is -2.25. The SMILES string of the molecule is CCCNC(Cc1cccc(F)c1)c1ccc(F)cc1F. The van der Waals surface area contributed by atoms with Crippen LogP contribution < -0.4 is 5.32 Å². The van der Waals surface area contributed by atoms with E-state index >= 15 is 0 Å². The fourth-order valence-corrected chi connectivity index (χ4v) is 2.29. The van der Waals surface area contributed by atoms with Crippen molar-refractivity contribution in [2.45, 2.75) is 25.8 Å². The smallest absolute Gasteiger partial charge is 0.130 e. The third kappa shape index (κ3) is 4.33. The Bertz CT molecular complexity index is 598. The molecule has 1 N–H and O–H groups in total. The van der Waals surface area contributed by atoms with E-state index in [2.05, 4.69) is 5.32 Å². The highest BCUT2D eigenvalue weighted by atomic mass is 19.1. The zero-order valence-corrected chi connectivity index (χ0v) is 11.9. The quantitative estimate of drug-likeness (QED) is 0.833. The Morgan fingerprint density at radius 3 is 2.43 bits per heavy atom. The molecule has 0 aromatic heterocycles. The predicted molar refractivity (Wildman–Crippen MR) is 77.5 cm³/mol. The first-order chi connectivity index (χ1) is 10.1. The van der Waals surface area contributed by atoms with Gasteiger partial charge < -0.3 is 5.32 Å². The second-order valence-corrected chi connectivity index (χ2v) is 5.01. The van der Waals surface area contributed by atoms with Crippen LogP contribution in [0, 0.1) is 17.5 Å². The van der Waals surface area contributed by atoms with Crippen molar-refractivity contribution in [3.05, 3.63) is 71.0 Å². The van der Waals surface area contributed by atoms with Gasteiger partial charge in [0, 0.05) is 17.7 Å². The van der Waals surface area contributed by atoms with E-state index in [0.717, 1.165) is 18.1 Å². The van der Waals surface area contributed by atoms with E-state index in [1.165, 1.54) is 24.3 Å². The molecule has 0 aliphatic carbocycles. The van der Waals surface area contributed by atoms with Crippen molar-refractivity contribution in [2.75, 3.05) is 6.54 Å². The maximum Gasteiger partial charge on any atom is 0.130 e. The molecule has 4 heteroatoms. The Kier molecular flexibility index (Phi) is 5.39. The Labute approximate surface area is 122 Å². The molecule has 0 aliphatic rings. The summed E-state index contributed by atoms with van der Waals surface area (Å²) in [5.41, 5.74) is 1.17. The standard InChI is InChI=1S/C17H18F3N/c1-2-8-21-17(10-12-4-3-5-13(18)9-12)15-7-6-14(19)11-16(15)20/h3-7,9,11,17,21H,2,8,10H2,1H3. The van der Waals surface area contributed by atoms with Crippen LogP contribution in [-0.4, -0.2) is 6.54 Å². The van der Waals surface area contributed by atoms with Crippen LogP contribution >= 0.6 is 0 Å². The molecule has 2 aromatic carbocycles. The Hall–Kier alpha value is -1.81. The fraction of sp³-hybridized carbons (Fsp3) is 0.294. The first-order valence-corrected chi connectivity index (χ1v) is 7.03. The van der Waals surface area contributed by atoms with Gasteiger partial charge in [0.15, 0.2) is 0 Å². The Balaban J connectivity index is 2.25. The Morgan fingerprint density at radius 1 is 1.00 bits per heavy atom. The summed E-state index contributed by atoms with van der Waals surface area (Å²) in [4.78, 5) is 0. The average molecular weight is 293 g/mol. The molecule has 0 fully saturated rings. The molecule has 0 saturated carbocycles. The lowest BCUT2D eigenvalue weighted by Gasteiger charge is -2.20. The van der Waals surface area contributed by atoms with Crippen molar-refractivity contribution in [3.63, 3.8) is 0 Å². The van der Waals surface area contributed by atoms with Gasteiger partial charge in [0.1, 0.15) is 17.5 Å². The molecular weight excluding hydrogens is 275 g/mol. The minimum atomic E-state index is -0.601. The molecule has 0 saturated heterocycles. The molecule has 1 nitrogen and oxygen atoms in total. The van der Waals surface area contributed by atoms with Crippen molar-refractivity contribution in [3.8, 4) is 0 Å². The number of hydrogen-bond donors (Lipinski definition) is 1. The molecule has 0 bridgehead atoms. The fourth-order valence-electron chi connectivity index (χ4n) is 2.29. The molecule has 2 rings (SSSR count). The highest BCUT2D eigenvalue weighted by Gasteiger charge is 2.16. The van der Waals surface area contributed by atoms with Gasteiger partial charge in [-0.3, -0.25) is 0 Å². The van der Waals surface area contributed by atoms with E-state index in [1.54, 1.807) is 12.1 Å². The summed E-state index contributed by atoms with van der Waals surface area (Å²) in [6.45, 7) is 2.71. The largest absolute Gasteiger partial charge is 0.310 e. The van der Waals surface area contributed by atoms with Crippen LogP contribution in [0.25, 0.3) is 0 Å². The van der Waals surface area contributed by atoms with Gasteiger partial charge in [-0.2, -0.15) is 0 Å². The molecule has 0 spiro atoms. The molecular formula is C17H18F3N. The van der Waals surface area contributed by atoms with Gasteiger partial charge in [-0.15, -0.1) is 0 Å². The van der Waals surface area contributed by atoms with Gasteiger partial charge in [0.05, 0.1) is 0 Å².